The molecule has 5 nitrogen and oxygen atoms in total. The SMILES string of the molecule is CC(C1CC1)N(Cc1ccccc1)C(=O)CSc1nc2ccccc2c(=O)n1C(C)C. The minimum Gasteiger partial charge on any atom is -0.335 e. The Balaban J connectivity index is 1.58. The zero-order chi connectivity index (χ0) is 22.0. The second-order valence-corrected chi connectivity index (χ2v) is 9.50. The molecule has 1 fully saturated rings. The van der Waals surface area contributed by atoms with E-state index < -0.39 is 0 Å². The van der Waals surface area contributed by atoms with Crippen molar-refractivity contribution in [3.8, 4) is 0 Å². The summed E-state index contributed by atoms with van der Waals surface area (Å²) >= 11 is 1.36. The Morgan fingerprint density at radius 3 is 2.45 bits per heavy atom. The molecule has 31 heavy (non-hydrogen) atoms. The number of aromatic nitrogens is 2. The number of carbonyl (C=O) groups excluding carboxylic acids is 1. The van der Waals surface area contributed by atoms with E-state index in [1.165, 1.54) is 24.6 Å². The van der Waals surface area contributed by atoms with E-state index in [4.69, 9.17) is 4.98 Å². The average molecular weight is 436 g/mol. The highest BCUT2D eigenvalue weighted by atomic mass is 32.2. The summed E-state index contributed by atoms with van der Waals surface area (Å²) in [6.07, 6.45) is 2.37. The van der Waals surface area contributed by atoms with Gasteiger partial charge in [0.15, 0.2) is 5.16 Å². The van der Waals surface area contributed by atoms with Crippen molar-refractivity contribution in [2.24, 2.45) is 5.92 Å². The van der Waals surface area contributed by atoms with Gasteiger partial charge in [0, 0.05) is 18.6 Å². The third-order valence-electron chi connectivity index (χ3n) is 5.93. The predicted molar refractivity (Wildman–Crippen MR) is 126 cm³/mol. The molecule has 0 saturated heterocycles. The van der Waals surface area contributed by atoms with E-state index in [0.717, 1.165) is 5.56 Å². The number of para-hydroxylation sites is 1. The zero-order valence-corrected chi connectivity index (χ0v) is 19.1. The Hall–Kier alpha value is -2.60. The number of hydrogen-bond donors (Lipinski definition) is 0. The minimum atomic E-state index is -0.0527. The number of benzene rings is 2. The molecule has 1 saturated carbocycles. The van der Waals surface area contributed by atoms with Gasteiger partial charge in [0.25, 0.3) is 5.56 Å². The lowest BCUT2D eigenvalue weighted by Crippen LogP contribution is -2.40. The van der Waals surface area contributed by atoms with Crippen molar-refractivity contribution in [1.29, 1.82) is 0 Å². The van der Waals surface area contributed by atoms with Crippen LogP contribution in [0.1, 0.15) is 45.2 Å². The Kier molecular flexibility index (Phi) is 6.46. The number of hydrogen-bond acceptors (Lipinski definition) is 4. The number of rotatable bonds is 8. The molecule has 0 N–H and O–H groups in total. The van der Waals surface area contributed by atoms with Gasteiger partial charge in [0.05, 0.1) is 16.7 Å². The fourth-order valence-electron chi connectivity index (χ4n) is 3.96. The van der Waals surface area contributed by atoms with Crippen LogP contribution in [0.3, 0.4) is 0 Å². The maximum Gasteiger partial charge on any atom is 0.262 e. The van der Waals surface area contributed by atoms with E-state index >= 15 is 0 Å². The fourth-order valence-corrected chi connectivity index (χ4v) is 4.98. The molecular formula is C25H29N3O2S. The second kappa shape index (κ2) is 9.27. The molecule has 1 aromatic heterocycles. The van der Waals surface area contributed by atoms with Crippen molar-refractivity contribution in [3.63, 3.8) is 0 Å². The first-order chi connectivity index (χ1) is 15.0. The molecule has 1 aliphatic carbocycles. The molecule has 1 heterocycles. The number of fused-ring (bicyclic) bond motifs is 1. The monoisotopic (exact) mass is 435 g/mol. The van der Waals surface area contributed by atoms with E-state index in [1.54, 1.807) is 4.57 Å². The van der Waals surface area contributed by atoms with E-state index in [0.29, 0.717) is 28.5 Å². The van der Waals surface area contributed by atoms with E-state index in [1.807, 2.05) is 61.2 Å². The number of carbonyl (C=O) groups is 1. The average Bonchev–Trinajstić information content (AvgIpc) is 3.61. The van der Waals surface area contributed by atoms with Crippen LogP contribution in [-0.2, 0) is 11.3 Å². The van der Waals surface area contributed by atoms with Crippen LogP contribution in [0, 0.1) is 5.92 Å². The molecular weight excluding hydrogens is 406 g/mol. The zero-order valence-electron chi connectivity index (χ0n) is 18.3. The summed E-state index contributed by atoms with van der Waals surface area (Å²) in [7, 11) is 0. The first kappa shape index (κ1) is 21.6. The quantitative estimate of drug-likeness (QED) is 0.373. The normalized spacial score (nSPS) is 14.7. The summed E-state index contributed by atoms with van der Waals surface area (Å²) in [5.41, 5.74) is 1.76. The summed E-state index contributed by atoms with van der Waals surface area (Å²) in [4.78, 5) is 33.1. The Labute approximate surface area is 187 Å². The maximum atomic E-state index is 13.3. The molecule has 1 atom stereocenters. The van der Waals surface area contributed by atoms with Crippen LogP contribution in [0.4, 0.5) is 0 Å². The highest BCUT2D eigenvalue weighted by Crippen LogP contribution is 2.36. The number of nitrogens with zero attached hydrogens (tertiary/aromatic N) is 3. The molecule has 1 unspecified atom stereocenters. The highest BCUT2D eigenvalue weighted by molar-refractivity contribution is 7.99. The molecule has 0 bridgehead atoms. The van der Waals surface area contributed by atoms with E-state index in [-0.39, 0.29) is 29.3 Å². The minimum absolute atomic E-state index is 0.0342. The molecule has 0 radical (unpaired) electrons. The summed E-state index contributed by atoms with van der Waals surface area (Å²) < 4.78 is 1.70. The highest BCUT2D eigenvalue weighted by Gasteiger charge is 2.34. The van der Waals surface area contributed by atoms with Gasteiger partial charge in [-0.25, -0.2) is 4.98 Å². The first-order valence-electron chi connectivity index (χ1n) is 10.9. The van der Waals surface area contributed by atoms with Crippen molar-refractivity contribution in [2.45, 2.75) is 57.4 Å². The Morgan fingerprint density at radius 2 is 1.77 bits per heavy atom. The molecule has 6 heteroatoms. The third-order valence-corrected chi connectivity index (χ3v) is 6.87. The molecule has 2 aromatic carbocycles. The van der Waals surface area contributed by atoms with E-state index in [2.05, 4.69) is 19.1 Å². The lowest BCUT2D eigenvalue weighted by atomic mass is 10.1. The van der Waals surface area contributed by atoms with Crippen LogP contribution in [0.25, 0.3) is 10.9 Å². The standard InChI is InChI=1S/C25H29N3O2S/c1-17(2)28-24(30)21-11-7-8-12-22(21)26-25(28)31-16-23(29)27(18(3)20-13-14-20)15-19-9-5-4-6-10-19/h4-12,17-18,20H,13-16H2,1-3H3. The lowest BCUT2D eigenvalue weighted by Gasteiger charge is -2.30. The van der Waals surface area contributed by atoms with Gasteiger partial charge in [0.2, 0.25) is 5.91 Å². The first-order valence-corrected chi connectivity index (χ1v) is 11.9. The molecule has 0 aliphatic heterocycles. The number of thioether (sulfide) groups is 1. The predicted octanol–water partition coefficient (Wildman–Crippen LogP) is 4.90. The van der Waals surface area contributed by atoms with Crippen LogP contribution < -0.4 is 5.56 Å². The lowest BCUT2D eigenvalue weighted by molar-refractivity contribution is -0.131. The molecule has 3 aromatic rings. The van der Waals surface area contributed by atoms with Gasteiger partial charge >= 0.3 is 0 Å². The molecule has 1 aliphatic rings. The van der Waals surface area contributed by atoms with Crippen molar-refractivity contribution in [1.82, 2.24) is 14.5 Å². The van der Waals surface area contributed by atoms with Crippen molar-refractivity contribution in [2.75, 3.05) is 5.75 Å². The van der Waals surface area contributed by atoms with E-state index in [9.17, 15) is 9.59 Å². The smallest absolute Gasteiger partial charge is 0.262 e. The van der Waals surface area contributed by atoms with Gasteiger partial charge in [0.1, 0.15) is 0 Å². The molecule has 1 amide bonds. The van der Waals surface area contributed by atoms with Crippen LogP contribution >= 0.6 is 11.8 Å². The molecule has 4 rings (SSSR count). The van der Waals surface area contributed by atoms with Crippen LogP contribution in [0.5, 0.6) is 0 Å². The van der Waals surface area contributed by atoms with Gasteiger partial charge < -0.3 is 4.90 Å². The second-order valence-electron chi connectivity index (χ2n) is 8.55. The van der Waals surface area contributed by atoms with Crippen molar-refractivity contribution in [3.05, 3.63) is 70.5 Å². The topological polar surface area (TPSA) is 55.2 Å². The summed E-state index contributed by atoms with van der Waals surface area (Å²) in [6, 6.07) is 17.7. The summed E-state index contributed by atoms with van der Waals surface area (Å²) in [5.74, 6) is 0.942. The van der Waals surface area contributed by atoms with Gasteiger partial charge in [-0.15, -0.1) is 0 Å². The third kappa shape index (κ3) is 4.85. The van der Waals surface area contributed by atoms with Gasteiger partial charge in [-0.2, -0.15) is 0 Å². The maximum absolute atomic E-state index is 13.3. The molecule has 0 spiro atoms. The largest absolute Gasteiger partial charge is 0.335 e. The fraction of sp³-hybridized carbons (Fsp3) is 0.400. The van der Waals surface area contributed by atoms with Gasteiger partial charge in [-0.05, 0) is 57.2 Å². The van der Waals surface area contributed by atoms with Gasteiger partial charge in [-0.3, -0.25) is 14.2 Å². The van der Waals surface area contributed by atoms with Gasteiger partial charge in [-0.1, -0.05) is 54.2 Å². The van der Waals surface area contributed by atoms with Crippen molar-refractivity contribution < 1.29 is 4.79 Å². The van der Waals surface area contributed by atoms with Crippen LogP contribution in [0.2, 0.25) is 0 Å². The van der Waals surface area contributed by atoms with Crippen LogP contribution in [0.15, 0.2) is 64.5 Å². The van der Waals surface area contributed by atoms with Crippen molar-refractivity contribution >= 4 is 28.6 Å². The Bertz CT molecular complexity index is 1120. The van der Waals surface area contributed by atoms with Crippen LogP contribution in [-0.4, -0.2) is 32.2 Å². The number of amides is 1. The molecule has 162 valence electrons. The summed E-state index contributed by atoms with van der Waals surface area (Å²) in [5, 5.41) is 1.21. The Morgan fingerprint density at radius 1 is 1.10 bits per heavy atom. The summed E-state index contributed by atoms with van der Waals surface area (Å²) in [6.45, 7) is 6.71.